The van der Waals surface area contributed by atoms with Crippen LogP contribution in [0.15, 0.2) is 35.9 Å². The van der Waals surface area contributed by atoms with Crippen LogP contribution in [0.25, 0.3) is 0 Å². The molecule has 3 aliphatic heterocycles. The Kier molecular flexibility index (Phi) is 12.5. The first-order valence-corrected chi connectivity index (χ1v) is 18.1. The number of allylic oxidation sites excluding steroid dienone is 3. The minimum absolute atomic E-state index is 0.0733. The number of amides is 3. The third kappa shape index (κ3) is 8.37. The minimum atomic E-state index is -1.87. The first-order chi connectivity index (χ1) is 23.5. The monoisotopic (exact) mass is 735 g/mol. The van der Waals surface area contributed by atoms with Crippen molar-refractivity contribution in [3.05, 3.63) is 52.1 Å². The highest BCUT2D eigenvalue weighted by Gasteiger charge is 2.64. The Morgan fingerprint density at radius 3 is 2.66 bits per heavy atom. The largest absolute Gasteiger partial charge is 0.457 e. The minimum Gasteiger partial charge on any atom is -0.457 e. The second-order valence-electron chi connectivity index (χ2n) is 13.5. The van der Waals surface area contributed by atoms with Crippen molar-refractivity contribution < 1.29 is 48.4 Å². The van der Waals surface area contributed by atoms with Gasteiger partial charge in [0.2, 0.25) is 11.8 Å². The Labute approximate surface area is 301 Å². The first-order valence-electron chi connectivity index (χ1n) is 16.3. The molecular weight excluding hydrogens is 690 g/mol. The van der Waals surface area contributed by atoms with E-state index in [-0.39, 0.29) is 40.8 Å². The Morgan fingerprint density at radius 1 is 1.32 bits per heavy atom. The van der Waals surface area contributed by atoms with Crippen molar-refractivity contribution in [3.63, 3.8) is 0 Å². The molecule has 0 radical (unpaired) electrons. The fraction of sp³-hybridized carbons (Fsp3) is 0.571. The van der Waals surface area contributed by atoms with Gasteiger partial charge in [-0.3, -0.25) is 19.7 Å². The van der Waals surface area contributed by atoms with Gasteiger partial charge in [0.15, 0.2) is 12.0 Å². The maximum atomic E-state index is 14.0. The third-order valence-corrected chi connectivity index (χ3v) is 10.9. The van der Waals surface area contributed by atoms with Crippen molar-refractivity contribution in [3.8, 4) is 0 Å². The van der Waals surface area contributed by atoms with Gasteiger partial charge in [0.05, 0.1) is 35.6 Å². The van der Waals surface area contributed by atoms with Crippen molar-refractivity contribution in [2.45, 2.75) is 82.6 Å². The van der Waals surface area contributed by atoms with Gasteiger partial charge >= 0.3 is 12.1 Å². The summed E-state index contributed by atoms with van der Waals surface area (Å²) in [6, 6.07) is 2.34. The van der Waals surface area contributed by atoms with E-state index in [4.69, 9.17) is 25.8 Å². The van der Waals surface area contributed by atoms with E-state index < -0.39 is 72.1 Å². The number of rotatable bonds is 7. The van der Waals surface area contributed by atoms with Gasteiger partial charge in [0.25, 0.3) is 0 Å². The van der Waals surface area contributed by atoms with Crippen LogP contribution in [-0.2, 0) is 35.0 Å². The number of epoxide rings is 1. The Hall–Kier alpha value is -3.43. The number of anilines is 1. The number of hydrogen-bond donors (Lipinski definition) is 3. The molecule has 50 heavy (non-hydrogen) atoms. The SMILES string of the molecule is CSCC(=O)N(C)[C@@H](C)C(=O)O[C@H]1CC(=O)N(C)c2cc(cc(C=O)c2Cl)C/C(C)=C/C=C/[C@@H](CO)[C@@]2(O)C[C@H](OC(=O)N2)[C@@H](C)[C@@H]2O[C@@]12C. The molecular formula is C35H46ClN3O10S. The van der Waals surface area contributed by atoms with Crippen LogP contribution in [0.1, 0.15) is 56.5 Å². The zero-order chi connectivity index (χ0) is 37.1. The fourth-order valence-electron chi connectivity index (χ4n) is 6.46. The second kappa shape index (κ2) is 15.9. The van der Waals surface area contributed by atoms with Gasteiger partial charge in [0, 0.05) is 37.9 Å². The van der Waals surface area contributed by atoms with Crippen LogP contribution in [0.4, 0.5) is 10.5 Å². The average molecular weight is 736 g/mol. The first kappa shape index (κ1) is 39.4. The number of aldehydes is 1. The van der Waals surface area contributed by atoms with Crippen LogP contribution in [0.5, 0.6) is 0 Å². The number of thioether (sulfide) groups is 1. The Balaban J connectivity index is 1.78. The number of benzene rings is 1. The molecule has 8 atom stereocenters. The fourth-order valence-corrected chi connectivity index (χ4v) is 7.19. The maximum absolute atomic E-state index is 14.0. The molecule has 3 heterocycles. The number of nitrogens with zero attached hydrogens (tertiary/aromatic N) is 2. The van der Waals surface area contributed by atoms with Crippen molar-refractivity contribution in [2.24, 2.45) is 11.8 Å². The van der Waals surface area contributed by atoms with Gasteiger partial charge in [-0.25, -0.2) is 9.59 Å². The molecule has 3 aliphatic rings. The summed E-state index contributed by atoms with van der Waals surface area (Å²) < 4.78 is 17.8. The number of nitrogens with one attached hydrogen (secondary N) is 1. The standard InChI is InChI=1S/C35H46ClN3O10S/c1-19-9-8-10-24(17-41)35(46)15-26(47-33(45)37-35)20(2)31-34(4,49-31)27(48-32(44)21(3)38(5)29(43)18-50-7)14-28(42)39(6)25-13-22(11-19)12-23(16-40)30(25)36/h8-10,12-13,16,20-21,24,26-27,31,41,46H,11,14-15,17-18H2,1-7H3,(H,37,45)/b10-8+,19-9+/t20-,21+,24+,26+,27+,31+,34+,35+/m1/s1. The number of esters is 1. The van der Waals surface area contributed by atoms with E-state index in [9.17, 15) is 34.2 Å². The molecule has 0 aromatic heterocycles. The molecule has 1 aromatic rings. The van der Waals surface area contributed by atoms with Gasteiger partial charge in [-0.05, 0) is 51.1 Å². The second-order valence-corrected chi connectivity index (χ2v) is 14.7. The molecule has 2 saturated heterocycles. The maximum Gasteiger partial charge on any atom is 0.409 e. The highest BCUT2D eigenvalue weighted by atomic mass is 35.5. The lowest BCUT2D eigenvalue weighted by atomic mass is 9.81. The molecule has 3 amide bonds. The predicted octanol–water partition coefficient (Wildman–Crippen LogP) is 3.27. The summed E-state index contributed by atoms with van der Waals surface area (Å²) in [5.74, 6) is -2.84. The van der Waals surface area contributed by atoms with E-state index in [0.29, 0.717) is 18.3 Å². The number of alkyl carbamates (subject to hydrolysis) is 1. The number of aliphatic hydroxyl groups excluding tert-OH is 1. The molecule has 0 saturated carbocycles. The number of likely N-dealkylation sites (N-methyl/N-ethyl adjacent to an activating group) is 1. The van der Waals surface area contributed by atoms with Crippen LogP contribution >= 0.6 is 23.4 Å². The summed E-state index contributed by atoms with van der Waals surface area (Å²) in [6.07, 6.45) is 3.69. The summed E-state index contributed by atoms with van der Waals surface area (Å²) in [5.41, 5.74) is -1.13. The van der Waals surface area contributed by atoms with E-state index in [1.807, 2.05) is 6.92 Å². The highest BCUT2D eigenvalue weighted by Crippen LogP contribution is 2.49. The number of ether oxygens (including phenoxy) is 3. The van der Waals surface area contributed by atoms with Crippen LogP contribution in [0.2, 0.25) is 5.02 Å². The molecule has 1 aromatic carbocycles. The normalized spacial score (nSPS) is 32.3. The Morgan fingerprint density at radius 2 is 2.02 bits per heavy atom. The molecule has 4 rings (SSSR count). The average Bonchev–Trinajstić information content (AvgIpc) is 3.76. The highest BCUT2D eigenvalue weighted by molar-refractivity contribution is 7.99. The lowest BCUT2D eigenvalue weighted by molar-refractivity contribution is -0.161. The molecule has 274 valence electrons. The zero-order valence-electron chi connectivity index (χ0n) is 29.3. The zero-order valence-corrected chi connectivity index (χ0v) is 30.9. The Bertz CT molecular complexity index is 1570. The number of aliphatic hydroxyl groups is 2. The molecule has 0 aliphatic carbocycles. The van der Waals surface area contributed by atoms with Crippen LogP contribution < -0.4 is 10.2 Å². The molecule has 2 fully saturated rings. The number of fused-ring (bicyclic) bond motifs is 5. The van der Waals surface area contributed by atoms with Crippen molar-refractivity contribution in [1.29, 1.82) is 0 Å². The summed E-state index contributed by atoms with van der Waals surface area (Å²) in [5, 5.41) is 24.4. The van der Waals surface area contributed by atoms with Crippen LogP contribution in [0, 0.1) is 11.8 Å². The van der Waals surface area contributed by atoms with Crippen molar-refractivity contribution >= 4 is 59.2 Å². The van der Waals surface area contributed by atoms with Gasteiger partial charge in [-0.1, -0.05) is 42.3 Å². The van der Waals surface area contributed by atoms with Crippen LogP contribution in [-0.4, -0.2) is 114 Å². The third-order valence-electron chi connectivity index (χ3n) is 9.90. The molecule has 0 spiro atoms. The lowest BCUT2D eigenvalue weighted by Gasteiger charge is -2.42. The van der Waals surface area contributed by atoms with E-state index in [1.165, 1.54) is 42.6 Å². The molecule has 4 bridgehead atoms. The predicted molar refractivity (Wildman–Crippen MR) is 188 cm³/mol. The summed E-state index contributed by atoms with van der Waals surface area (Å²) >= 11 is 7.93. The quantitative estimate of drug-likeness (QED) is 0.213. The van der Waals surface area contributed by atoms with Gasteiger partial charge < -0.3 is 34.2 Å². The number of hydrogen-bond acceptors (Lipinski definition) is 11. The van der Waals surface area contributed by atoms with E-state index in [0.717, 1.165) is 5.57 Å². The van der Waals surface area contributed by atoms with Gasteiger partial charge in [-0.15, -0.1) is 0 Å². The summed E-state index contributed by atoms with van der Waals surface area (Å²) in [4.78, 5) is 67.4. The molecule has 15 heteroatoms. The van der Waals surface area contributed by atoms with Crippen molar-refractivity contribution in [1.82, 2.24) is 10.2 Å². The number of carbonyl (C=O) groups is 5. The lowest BCUT2D eigenvalue weighted by Crippen LogP contribution is -2.62. The van der Waals surface area contributed by atoms with E-state index in [2.05, 4.69) is 5.32 Å². The molecule has 3 N–H and O–H groups in total. The molecule has 0 unspecified atom stereocenters. The van der Waals surface area contributed by atoms with E-state index >= 15 is 0 Å². The topological polar surface area (TPSA) is 175 Å². The molecule has 13 nitrogen and oxygen atoms in total. The van der Waals surface area contributed by atoms with Crippen molar-refractivity contribution in [2.75, 3.05) is 37.6 Å². The summed E-state index contributed by atoms with van der Waals surface area (Å²) in [7, 11) is 3.00. The summed E-state index contributed by atoms with van der Waals surface area (Å²) in [6.45, 7) is 6.33. The number of carbonyl (C=O) groups excluding carboxylic acids is 5. The van der Waals surface area contributed by atoms with Gasteiger partial charge in [-0.2, -0.15) is 11.8 Å². The number of halogens is 1. The smallest absolute Gasteiger partial charge is 0.409 e. The van der Waals surface area contributed by atoms with Gasteiger partial charge in [0.1, 0.15) is 23.9 Å². The van der Waals surface area contributed by atoms with E-state index in [1.54, 1.807) is 50.5 Å². The van der Waals surface area contributed by atoms with Crippen LogP contribution in [0.3, 0.4) is 0 Å².